The van der Waals surface area contributed by atoms with E-state index in [2.05, 4.69) is 0 Å². The van der Waals surface area contributed by atoms with Gasteiger partial charge in [0.05, 0.1) is 42.6 Å². The van der Waals surface area contributed by atoms with Crippen molar-refractivity contribution in [3.63, 3.8) is 0 Å². The molecule has 0 saturated heterocycles. The van der Waals surface area contributed by atoms with Gasteiger partial charge in [-0.1, -0.05) is 60.7 Å². The van der Waals surface area contributed by atoms with Crippen LogP contribution < -0.4 is 119 Å². The summed E-state index contributed by atoms with van der Waals surface area (Å²) in [6.45, 7) is -6.98. The SMILES string of the molecule is O=C([O-])CN(CCN(CC(=O)[O-])CC(COP(=O)([O-])OC1CCC(c2ccccc2)(c2ccccc2)CC1)N(CC(=O)[O-])CC(=O)[O-])CC(=O)[O-].[Gd+3].[Na+].[Na+].[Na+]. The molecule has 2 atom stereocenters. The van der Waals surface area contributed by atoms with E-state index in [-0.39, 0.29) is 142 Å². The molecule has 0 aromatic heterocycles. The van der Waals surface area contributed by atoms with Crippen molar-refractivity contribution in [2.75, 3.05) is 59.0 Å². The molecule has 1 saturated carbocycles. The van der Waals surface area contributed by atoms with E-state index in [4.69, 9.17) is 9.05 Å². The summed E-state index contributed by atoms with van der Waals surface area (Å²) in [5.74, 6) is -8.46. The quantitative estimate of drug-likeness (QED) is 0.0739. The minimum atomic E-state index is -5.15. The van der Waals surface area contributed by atoms with Gasteiger partial charge in [-0.15, -0.1) is 0 Å². The summed E-state index contributed by atoms with van der Waals surface area (Å²) < 4.78 is 23.7. The van der Waals surface area contributed by atoms with Gasteiger partial charge in [0.15, 0.2) is 0 Å². The van der Waals surface area contributed by atoms with Crippen LogP contribution in [0.3, 0.4) is 0 Å². The van der Waals surface area contributed by atoms with E-state index in [1.54, 1.807) is 0 Å². The first-order chi connectivity index (χ1) is 24.1. The average Bonchev–Trinajstić information content (AvgIpc) is 3.05. The summed E-state index contributed by atoms with van der Waals surface area (Å²) in [4.78, 5) is 72.4. The predicted octanol–water partition coefficient (Wildman–Crippen LogP) is -14.5. The van der Waals surface area contributed by atoms with E-state index in [0.717, 1.165) is 25.8 Å². The number of hydrogen-bond donors (Lipinski definition) is 0. The second-order valence-electron chi connectivity index (χ2n) is 12.2. The van der Waals surface area contributed by atoms with Gasteiger partial charge >= 0.3 is 129 Å². The molecule has 1 fully saturated rings. The average molecular weight is 958 g/mol. The molecule has 0 aliphatic heterocycles. The van der Waals surface area contributed by atoms with Crippen LogP contribution in [0.4, 0.5) is 0 Å². The number of benzene rings is 2. The van der Waals surface area contributed by atoms with Crippen molar-refractivity contribution in [1.82, 2.24) is 14.7 Å². The molecule has 1 radical (unpaired) electrons. The maximum Gasteiger partial charge on any atom is 3.00 e. The van der Waals surface area contributed by atoms with Crippen LogP contribution in [0.1, 0.15) is 36.8 Å². The van der Waals surface area contributed by atoms with Gasteiger partial charge in [0.2, 0.25) is 0 Å². The Labute approximate surface area is 417 Å². The second-order valence-corrected chi connectivity index (χ2v) is 13.6. The van der Waals surface area contributed by atoms with Gasteiger partial charge < -0.3 is 63.4 Å². The van der Waals surface area contributed by atoms with Crippen molar-refractivity contribution in [2.24, 2.45) is 0 Å². The summed E-state index contributed by atoms with van der Waals surface area (Å²) in [6, 6.07) is 18.1. The van der Waals surface area contributed by atoms with E-state index in [0.29, 0.717) is 25.7 Å². The van der Waals surface area contributed by atoms with E-state index < -0.39 is 101 Å². The zero-order valence-electron chi connectivity index (χ0n) is 31.0. The van der Waals surface area contributed by atoms with Crippen LogP contribution in [0.25, 0.3) is 0 Å². The Hall–Kier alpha value is 0.105. The number of carbonyl (C=O) groups is 5. The molecule has 55 heavy (non-hydrogen) atoms. The molecule has 2 aromatic carbocycles. The zero-order chi connectivity index (χ0) is 37.6. The number of phosphoric ester groups is 1. The summed E-state index contributed by atoms with van der Waals surface area (Å²) >= 11 is 0. The fourth-order valence-electron chi connectivity index (χ4n) is 6.34. The number of nitrogens with zero attached hydrogens (tertiary/aromatic N) is 3. The predicted molar refractivity (Wildman–Crippen MR) is 164 cm³/mol. The molecule has 22 heteroatoms. The van der Waals surface area contributed by atoms with Crippen LogP contribution in [0, 0.1) is 39.9 Å². The molecule has 1 aliphatic rings. The molecule has 0 amide bonds. The molecule has 0 heterocycles. The molecule has 0 bridgehead atoms. The number of carbonyl (C=O) groups excluding carboxylic acids is 5. The van der Waals surface area contributed by atoms with Crippen LogP contribution in [0.5, 0.6) is 0 Å². The van der Waals surface area contributed by atoms with E-state index in [1.807, 2.05) is 60.7 Å². The first-order valence-electron chi connectivity index (χ1n) is 16.0. The Morgan fingerprint density at radius 2 is 1.05 bits per heavy atom. The molecule has 17 nitrogen and oxygen atoms in total. The molecular formula is C33H38GdN3Na3O14P. The van der Waals surface area contributed by atoms with Crippen LogP contribution in [0.15, 0.2) is 60.7 Å². The molecule has 2 aromatic rings. The topological polar surface area (TPSA) is 269 Å². The van der Waals surface area contributed by atoms with Crippen molar-refractivity contribution in [3.05, 3.63) is 71.8 Å². The summed E-state index contributed by atoms with van der Waals surface area (Å²) in [5, 5.41) is 56.7. The Kier molecular flexibility index (Phi) is 29.7. The molecule has 1 aliphatic carbocycles. The van der Waals surface area contributed by atoms with Gasteiger partial charge in [-0.3, -0.25) is 19.3 Å². The number of carboxylic acids is 5. The Balaban J connectivity index is 0. The molecule has 0 N–H and O–H groups in total. The van der Waals surface area contributed by atoms with E-state index in [1.165, 1.54) is 0 Å². The maximum atomic E-state index is 13.1. The summed E-state index contributed by atoms with van der Waals surface area (Å²) in [5.41, 5.74) is 1.71. The van der Waals surface area contributed by atoms with Gasteiger partial charge in [0.25, 0.3) is 7.82 Å². The maximum absolute atomic E-state index is 13.1. The summed E-state index contributed by atoms with van der Waals surface area (Å²) in [7, 11) is -5.15. The van der Waals surface area contributed by atoms with Gasteiger partial charge in [-0.2, -0.15) is 0 Å². The van der Waals surface area contributed by atoms with Crippen LogP contribution in [0.2, 0.25) is 0 Å². The van der Waals surface area contributed by atoms with Crippen molar-refractivity contribution in [1.29, 1.82) is 0 Å². The minimum Gasteiger partial charge on any atom is -0.756 e. The molecule has 285 valence electrons. The fourth-order valence-corrected chi connectivity index (χ4v) is 7.33. The zero-order valence-corrected chi connectivity index (χ0v) is 40.1. The number of aliphatic carboxylic acids is 5. The van der Waals surface area contributed by atoms with Crippen molar-refractivity contribution in [2.45, 2.75) is 43.2 Å². The Morgan fingerprint density at radius 3 is 1.45 bits per heavy atom. The standard InChI is InChI=1S/C33H44N3O14P.Gd.3Na/c37-28(38)18-34(15-16-35(19-29(39)40)20-30(41)42)17-26(36(21-31(43)44)22-32(45)46)23-49-51(47,48)50-27-11-13-33(14-12-27,24-7-3-1-4-8-24)25-9-5-2-6-10-25;;;;/h1-10,26-27H,11-23H2,(H,37,38)(H,39,40)(H,41,42)(H,43,44)(H,45,46)(H,47,48);;;;/q;+3;3*+1/p-6. The van der Waals surface area contributed by atoms with Crippen LogP contribution in [-0.2, 0) is 43.0 Å². The third kappa shape index (κ3) is 20.8. The van der Waals surface area contributed by atoms with Crippen LogP contribution in [-0.4, -0.2) is 116 Å². The smallest absolute Gasteiger partial charge is 0.756 e. The van der Waals surface area contributed by atoms with Gasteiger partial charge in [0.1, 0.15) is 0 Å². The summed E-state index contributed by atoms with van der Waals surface area (Å²) in [6.07, 6.45) is 0.910. The van der Waals surface area contributed by atoms with Crippen molar-refractivity contribution >= 4 is 37.7 Å². The molecular weight excluding hydrogens is 920 g/mol. The second kappa shape index (κ2) is 28.6. The van der Waals surface area contributed by atoms with Gasteiger partial charge in [-0.05, 0) is 36.8 Å². The van der Waals surface area contributed by atoms with Gasteiger partial charge in [0, 0.05) is 63.8 Å². The number of phosphoric acid groups is 1. The third-order valence-electron chi connectivity index (χ3n) is 8.58. The molecule has 3 rings (SSSR count). The van der Waals surface area contributed by atoms with E-state index in [9.17, 15) is 59.0 Å². The van der Waals surface area contributed by atoms with Crippen LogP contribution >= 0.6 is 7.82 Å². The monoisotopic (exact) mass is 958 g/mol. The van der Waals surface area contributed by atoms with E-state index >= 15 is 0 Å². The Morgan fingerprint density at radius 1 is 0.673 bits per heavy atom. The first kappa shape index (κ1) is 57.2. The molecule has 0 spiro atoms. The number of rotatable bonds is 23. The third-order valence-corrected chi connectivity index (χ3v) is 9.60. The van der Waals surface area contributed by atoms with Crippen molar-refractivity contribution < 1.29 is 197 Å². The number of carboxylic acid groups (broad SMARTS) is 5. The number of hydrogen-bond acceptors (Lipinski definition) is 17. The largest absolute Gasteiger partial charge is 3.00 e. The fraction of sp³-hybridized carbons (Fsp3) is 0.485. The normalized spacial score (nSPS) is 15.3. The minimum absolute atomic E-state index is 0. The first-order valence-corrected chi connectivity index (χ1v) is 17.5. The van der Waals surface area contributed by atoms with Gasteiger partial charge in [-0.25, -0.2) is 0 Å². The molecule has 2 unspecified atom stereocenters. The van der Waals surface area contributed by atoms with Crippen molar-refractivity contribution in [3.8, 4) is 0 Å². The Bertz CT molecular complexity index is 1470.